The largest absolute Gasteiger partial charge is 0.339 e. The zero-order valence-electron chi connectivity index (χ0n) is 18.9. The number of aryl methyl sites for hydroxylation is 1. The first kappa shape index (κ1) is 21.9. The van der Waals surface area contributed by atoms with E-state index in [0.717, 1.165) is 12.0 Å². The highest BCUT2D eigenvalue weighted by Crippen LogP contribution is 2.26. The first-order chi connectivity index (χ1) is 16.5. The number of rotatable bonds is 5. The third kappa shape index (κ3) is 4.33. The van der Waals surface area contributed by atoms with E-state index < -0.39 is 0 Å². The summed E-state index contributed by atoms with van der Waals surface area (Å²) in [5, 5.41) is 8.06. The molecule has 0 saturated carbocycles. The van der Waals surface area contributed by atoms with E-state index in [1.807, 2.05) is 29.2 Å². The van der Waals surface area contributed by atoms with Crippen LogP contribution in [0.1, 0.15) is 53.0 Å². The van der Waals surface area contributed by atoms with Crippen molar-refractivity contribution in [2.75, 3.05) is 13.1 Å². The van der Waals surface area contributed by atoms with Crippen LogP contribution in [0.3, 0.4) is 0 Å². The molecule has 0 spiro atoms. The van der Waals surface area contributed by atoms with Gasteiger partial charge in [0.25, 0.3) is 11.5 Å². The number of carbonyl (C=O) groups is 1. The molecule has 8 nitrogen and oxygen atoms in total. The number of nitrogens with zero attached hydrogens (tertiary/aromatic N) is 5. The third-order valence-corrected chi connectivity index (χ3v) is 6.42. The summed E-state index contributed by atoms with van der Waals surface area (Å²) in [6.45, 7) is 3.60. The average molecular weight is 461 g/mol. The molecule has 1 saturated heterocycles. The number of amides is 1. The summed E-state index contributed by atoms with van der Waals surface area (Å²) in [6.07, 6.45) is 2.34. The lowest BCUT2D eigenvalue weighted by Crippen LogP contribution is -2.38. The van der Waals surface area contributed by atoms with Crippen molar-refractivity contribution in [2.45, 2.75) is 38.6 Å². The Hall–Kier alpha value is -3.88. The van der Waals surface area contributed by atoms with Gasteiger partial charge in [-0.1, -0.05) is 36.4 Å². The van der Waals surface area contributed by atoms with E-state index in [2.05, 4.69) is 27.2 Å². The fourth-order valence-electron chi connectivity index (χ4n) is 4.37. The average Bonchev–Trinajstić information content (AvgIpc) is 3.28. The van der Waals surface area contributed by atoms with Gasteiger partial charge in [-0.15, -0.1) is 5.10 Å². The Kier molecular flexibility index (Phi) is 5.91. The lowest BCUT2D eigenvalue weighted by atomic mass is 9.95. The Morgan fingerprint density at radius 1 is 1.06 bits per heavy atom. The summed E-state index contributed by atoms with van der Waals surface area (Å²) in [5.74, 6) is 0.323. The molecule has 1 amide bonds. The Labute approximate surface area is 195 Å². The van der Waals surface area contributed by atoms with E-state index in [1.54, 1.807) is 16.8 Å². The highest BCUT2D eigenvalue weighted by Gasteiger charge is 2.27. The summed E-state index contributed by atoms with van der Waals surface area (Å²) in [6, 6.07) is 13.9. The number of hydrogen-bond donors (Lipinski definition) is 1. The molecule has 1 aliphatic heterocycles. The number of nitrogens with one attached hydrogen (secondary N) is 1. The van der Waals surface area contributed by atoms with Gasteiger partial charge in [0.1, 0.15) is 11.6 Å². The molecule has 174 valence electrons. The molecule has 0 bridgehead atoms. The van der Waals surface area contributed by atoms with Crippen molar-refractivity contribution in [3.63, 3.8) is 0 Å². The maximum atomic E-state index is 13.2. The number of likely N-dealkylation sites (tertiary alicyclic amines) is 1. The third-order valence-electron chi connectivity index (χ3n) is 6.42. The molecule has 0 atom stereocenters. The van der Waals surface area contributed by atoms with Gasteiger partial charge >= 0.3 is 0 Å². The molecule has 2 aromatic heterocycles. The second-order valence-electron chi connectivity index (χ2n) is 8.61. The van der Waals surface area contributed by atoms with Gasteiger partial charge in [-0.3, -0.25) is 9.59 Å². The Morgan fingerprint density at radius 2 is 1.74 bits per heavy atom. The van der Waals surface area contributed by atoms with E-state index >= 15 is 0 Å². The van der Waals surface area contributed by atoms with Crippen molar-refractivity contribution in [2.24, 2.45) is 0 Å². The minimum Gasteiger partial charge on any atom is -0.339 e. The van der Waals surface area contributed by atoms with Crippen LogP contribution in [-0.4, -0.2) is 48.9 Å². The fraction of sp³-hybridized carbons (Fsp3) is 0.320. The van der Waals surface area contributed by atoms with E-state index in [-0.39, 0.29) is 28.7 Å². The molecular formula is C25H25FN6O2. The molecule has 0 radical (unpaired) electrons. The predicted octanol–water partition coefficient (Wildman–Crippen LogP) is 3.28. The van der Waals surface area contributed by atoms with Crippen molar-refractivity contribution >= 4 is 17.1 Å². The van der Waals surface area contributed by atoms with Gasteiger partial charge in [0, 0.05) is 24.6 Å². The van der Waals surface area contributed by atoms with Crippen molar-refractivity contribution < 1.29 is 9.18 Å². The molecule has 1 N–H and O–H groups in total. The highest BCUT2D eigenvalue weighted by atomic mass is 19.1. The van der Waals surface area contributed by atoms with Gasteiger partial charge in [0.2, 0.25) is 0 Å². The molecule has 1 aliphatic rings. The Morgan fingerprint density at radius 3 is 2.41 bits per heavy atom. The smallest absolute Gasteiger partial charge is 0.281 e. The zero-order chi connectivity index (χ0) is 23.7. The van der Waals surface area contributed by atoms with E-state index in [9.17, 15) is 14.0 Å². The number of aromatic amines is 1. The highest BCUT2D eigenvalue weighted by molar-refractivity contribution is 5.94. The molecule has 9 heteroatoms. The first-order valence-corrected chi connectivity index (χ1v) is 11.5. The van der Waals surface area contributed by atoms with Crippen LogP contribution in [0.15, 0.2) is 53.3 Å². The van der Waals surface area contributed by atoms with Crippen LogP contribution < -0.4 is 5.56 Å². The van der Waals surface area contributed by atoms with Crippen molar-refractivity contribution in [3.05, 3.63) is 87.2 Å². The lowest BCUT2D eigenvalue weighted by molar-refractivity contribution is 0.0711. The zero-order valence-corrected chi connectivity index (χ0v) is 18.9. The van der Waals surface area contributed by atoms with Gasteiger partial charge in [0.15, 0.2) is 11.2 Å². The van der Waals surface area contributed by atoms with Crippen LogP contribution in [0.5, 0.6) is 0 Å². The molecular weight excluding hydrogens is 435 g/mol. The molecule has 2 aromatic carbocycles. The van der Waals surface area contributed by atoms with Crippen LogP contribution in [-0.2, 0) is 13.0 Å². The van der Waals surface area contributed by atoms with Crippen LogP contribution in [0.4, 0.5) is 4.39 Å². The number of H-pyrrole nitrogens is 1. The predicted molar refractivity (Wildman–Crippen MR) is 125 cm³/mol. The van der Waals surface area contributed by atoms with Crippen LogP contribution in [0.25, 0.3) is 11.2 Å². The molecule has 1 fully saturated rings. The fourth-order valence-corrected chi connectivity index (χ4v) is 4.37. The van der Waals surface area contributed by atoms with Crippen LogP contribution in [0, 0.1) is 5.82 Å². The molecule has 0 unspecified atom stereocenters. The second kappa shape index (κ2) is 9.17. The van der Waals surface area contributed by atoms with Crippen molar-refractivity contribution in [3.8, 4) is 0 Å². The standard InChI is InChI=1S/C25H25FN6O2/c1-2-16-3-7-19(8-4-16)25(34)31-13-11-18(12-14-31)22-27-23-21(24(33)28-22)29-30-32(23)15-17-5-9-20(26)10-6-17/h3-10,18H,2,11-15H2,1H3,(H,27,28,33). The number of aromatic nitrogens is 5. The van der Waals surface area contributed by atoms with Gasteiger partial charge in [-0.2, -0.15) is 0 Å². The first-order valence-electron chi connectivity index (χ1n) is 11.5. The summed E-state index contributed by atoms with van der Waals surface area (Å²) < 4.78 is 14.8. The molecule has 3 heterocycles. The SMILES string of the molecule is CCc1ccc(C(=O)N2CCC(c3nc4c(nnn4Cc4ccc(F)cc4)c(=O)[nH]3)CC2)cc1. The maximum Gasteiger partial charge on any atom is 0.281 e. The van der Waals surface area contributed by atoms with Gasteiger partial charge in [0.05, 0.1) is 6.54 Å². The minimum atomic E-state index is -0.333. The molecule has 34 heavy (non-hydrogen) atoms. The van der Waals surface area contributed by atoms with Gasteiger partial charge in [-0.25, -0.2) is 14.1 Å². The Balaban J connectivity index is 1.32. The maximum absolute atomic E-state index is 13.2. The minimum absolute atomic E-state index is 0.0257. The second-order valence-corrected chi connectivity index (χ2v) is 8.61. The monoisotopic (exact) mass is 460 g/mol. The number of carbonyl (C=O) groups excluding carboxylic acids is 1. The summed E-state index contributed by atoms with van der Waals surface area (Å²) in [4.78, 5) is 34.9. The van der Waals surface area contributed by atoms with Crippen molar-refractivity contribution in [1.82, 2.24) is 29.9 Å². The number of piperidine rings is 1. The summed E-state index contributed by atoms with van der Waals surface area (Å²) >= 11 is 0. The normalized spacial score (nSPS) is 14.6. The van der Waals surface area contributed by atoms with E-state index in [0.29, 0.717) is 49.5 Å². The van der Waals surface area contributed by atoms with E-state index in [1.165, 1.54) is 17.7 Å². The van der Waals surface area contributed by atoms with Crippen molar-refractivity contribution in [1.29, 1.82) is 0 Å². The Bertz CT molecular complexity index is 1370. The van der Waals surface area contributed by atoms with Gasteiger partial charge in [-0.05, 0) is 54.7 Å². The number of halogens is 1. The topological polar surface area (TPSA) is 96.8 Å². The molecule has 4 aromatic rings. The van der Waals surface area contributed by atoms with Gasteiger partial charge < -0.3 is 9.88 Å². The lowest BCUT2D eigenvalue weighted by Gasteiger charge is -2.31. The summed E-state index contributed by atoms with van der Waals surface area (Å²) in [7, 11) is 0. The van der Waals surface area contributed by atoms with E-state index in [4.69, 9.17) is 0 Å². The van der Waals surface area contributed by atoms with Crippen LogP contribution >= 0.6 is 0 Å². The molecule has 0 aliphatic carbocycles. The number of benzene rings is 2. The quantitative estimate of drug-likeness (QED) is 0.493. The van der Waals surface area contributed by atoms with Crippen LogP contribution in [0.2, 0.25) is 0 Å². The molecule has 5 rings (SSSR count). The number of hydrogen-bond acceptors (Lipinski definition) is 5. The number of fused-ring (bicyclic) bond motifs is 1. The summed E-state index contributed by atoms with van der Waals surface area (Å²) in [5.41, 5.74) is 2.97.